The zero-order valence-corrected chi connectivity index (χ0v) is 21.9. The van der Waals surface area contributed by atoms with Gasteiger partial charge in [-0.1, -0.05) is 52.5 Å². The number of nitrogens with one attached hydrogen (secondary N) is 1. The molecule has 0 bridgehead atoms. The van der Waals surface area contributed by atoms with Crippen LogP contribution in [0.1, 0.15) is 45.6 Å². The Morgan fingerprint density at radius 2 is 1.66 bits per heavy atom. The Balaban J connectivity index is 1.55. The zero-order valence-electron chi connectivity index (χ0n) is 18.9. The molecule has 0 spiro atoms. The third-order valence-electron chi connectivity index (χ3n) is 6.27. The van der Waals surface area contributed by atoms with Gasteiger partial charge in [-0.05, 0) is 79.6 Å². The minimum absolute atomic E-state index is 0.289. The van der Waals surface area contributed by atoms with Gasteiger partial charge in [-0.15, -0.1) is 0 Å². The second-order valence-electron chi connectivity index (χ2n) is 8.66. The molecule has 4 aromatic rings. The van der Waals surface area contributed by atoms with Crippen LogP contribution < -0.4 is 5.32 Å². The van der Waals surface area contributed by atoms with E-state index in [0.717, 1.165) is 29.8 Å². The first-order valence-corrected chi connectivity index (χ1v) is 12.8. The zero-order chi connectivity index (χ0) is 24.7. The fourth-order valence-corrected chi connectivity index (χ4v) is 5.29. The number of carbonyl (C=O) groups excluding carboxylic acids is 1. The van der Waals surface area contributed by atoms with Gasteiger partial charge in [0.15, 0.2) is 5.69 Å². The highest BCUT2D eigenvalue weighted by Gasteiger charge is 2.24. The molecular weight excluding hydrogens is 526 g/mol. The molecule has 5 nitrogen and oxygen atoms in total. The standard InChI is InChI=1S/C26H22Cl4N4O/c1-15-24(25(35)31-12-16-6-8-20(28)21(29)10-16)32-34(23-9-7-19(27)11-22(23)30)26(15)33-13-17-4-2-3-5-18(17)14-33/h6-11,13-14H,2-5,12H2,1H3,(H,31,35). The fourth-order valence-electron chi connectivity index (χ4n) is 4.48. The highest BCUT2D eigenvalue weighted by Crippen LogP contribution is 2.31. The Morgan fingerprint density at radius 1 is 0.943 bits per heavy atom. The minimum atomic E-state index is -0.296. The predicted octanol–water partition coefficient (Wildman–Crippen LogP) is 7.39. The first-order chi connectivity index (χ1) is 16.8. The SMILES string of the molecule is Cc1c(C(=O)NCc2ccc(Cl)c(Cl)c2)nn(-c2ccc(Cl)cc2Cl)c1-n1cc2c(c1)CCCC2. The molecule has 5 rings (SSSR count). The van der Waals surface area contributed by atoms with Crippen molar-refractivity contribution in [2.75, 3.05) is 0 Å². The number of aromatic nitrogens is 3. The van der Waals surface area contributed by atoms with Gasteiger partial charge in [0.05, 0.1) is 20.8 Å². The van der Waals surface area contributed by atoms with Crippen molar-refractivity contribution in [1.29, 1.82) is 0 Å². The van der Waals surface area contributed by atoms with Crippen LogP contribution in [0.4, 0.5) is 0 Å². The van der Waals surface area contributed by atoms with Gasteiger partial charge in [0.2, 0.25) is 0 Å². The maximum atomic E-state index is 13.2. The molecule has 1 aliphatic rings. The molecule has 0 atom stereocenters. The molecule has 0 unspecified atom stereocenters. The summed E-state index contributed by atoms with van der Waals surface area (Å²) in [5.74, 6) is 0.471. The largest absolute Gasteiger partial charge is 0.347 e. The number of benzene rings is 2. The lowest BCUT2D eigenvalue weighted by Crippen LogP contribution is -2.24. The van der Waals surface area contributed by atoms with Gasteiger partial charge in [-0.3, -0.25) is 4.79 Å². The number of nitrogens with zero attached hydrogens (tertiary/aromatic N) is 3. The fraction of sp³-hybridized carbons (Fsp3) is 0.231. The van der Waals surface area contributed by atoms with Crippen molar-refractivity contribution in [3.8, 4) is 11.5 Å². The molecule has 0 saturated heterocycles. The van der Waals surface area contributed by atoms with E-state index < -0.39 is 0 Å². The van der Waals surface area contributed by atoms with Gasteiger partial charge in [-0.25, -0.2) is 4.68 Å². The Kier molecular flexibility index (Phi) is 6.86. The quantitative estimate of drug-likeness (QED) is 0.283. The first kappa shape index (κ1) is 24.3. The molecule has 1 aliphatic carbocycles. The summed E-state index contributed by atoms with van der Waals surface area (Å²) < 4.78 is 3.77. The molecule has 0 radical (unpaired) electrons. The van der Waals surface area contributed by atoms with Crippen molar-refractivity contribution in [1.82, 2.24) is 19.7 Å². The molecule has 0 saturated carbocycles. The highest BCUT2D eigenvalue weighted by atomic mass is 35.5. The van der Waals surface area contributed by atoms with Crippen LogP contribution in [0.2, 0.25) is 20.1 Å². The third kappa shape index (κ3) is 4.83. The van der Waals surface area contributed by atoms with Gasteiger partial charge < -0.3 is 9.88 Å². The van der Waals surface area contributed by atoms with Crippen molar-refractivity contribution in [2.24, 2.45) is 0 Å². The number of hydrogen-bond donors (Lipinski definition) is 1. The molecule has 2 aromatic heterocycles. The summed E-state index contributed by atoms with van der Waals surface area (Å²) in [7, 11) is 0. The van der Waals surface area contributed by atoms with Crippen LogP contribution in [-0.4, -0.2) is 20.3 Å². The maximum Gasteiger partial charge on any atom is 0.272 e. The average molecular weight is 548 g/mol. The Morgan fingerprint density at radius 3 is 2.31 bits per heavy atom. The van der Waals surface area contributed by atoms with Crippen LogP contribution in [-0.2, 0) is 19.4 Å². The maximum absolute atomic E-state index is 13.2. The topological polar surface area (TPSA) is 51.9 Å². The van der Waals surface area contributed by atoms with Crippen molar-refractivity contribution in [3.63, 3.8) is 0 Å². The summed E-state index contributed by atoms with van der Waals surface area (Å²) in [5.41, 5.74) is 5.20. The minimum Gasteiger partial charge on any atom is -0.347 e. The summed E-state index contributed by atoms with van der Waals surface area (Å²) in [6, 6.07) is 10.5. The summed E-state index contributed by atoms with van der Waals surface area (Å²) in [6.45, 7) is 2.19. The molecule has 2 heterocycles. The number of amides is 1. The summed E-state index contributed by atoms with van der Waals surface area (Å²) in [6.07, 6.45) is 8.73. The van der Waals surface area contributed by atoms with Crippen molar-refractivity contribution in [3.05, 3.63) is 96.8 Å². The number of rotatable bonds is 5. The van der Waals surface area contributed by atoms with E-state index in [-0.39, 0.29) is 12.5 Å². The first-order valence-electron chi connectivity index (χ1n) is 11.3. The second-order valence-corrected chi connectivity index (χ2v) is 10.3. The van der Waals surface area contributed by atoms with Crippen LogP contribution in [0.5, 0.6) is 0 Å². The van der Waals surface area contributed by atoms with E-state index in [1.54, 1.807) is 35.0 Å². The van der Waals surface area contributed by atoms with Crippen molar-refractivity contribution < 1.29 is 4.79 Å². The van der Waals surface area contributed by atoms with Gasteiger partial charge in [0, 0.05) is 29.5 Å². The van der Waals surface area contributed by atoms with E-state index in [1.807, 2.05) is 13.0 Å². The van der Waals surface area contributed by atoms with Gasteiger partial charge in [0.25, 0.3) is 5.91 Å². The second kappa shape index (κ2) is 9.90. The van der Waals surface area contributed by atoms with E-state index in [9.17, 15) is 4.79 Å². The summed E-state index contributed by atoms with van der Waals surface area (Å²) >= 11 is 24.8. The molecule has 0 fully saturated rings. The summed E-state index contributed by atoms with van der Waals surface area (Å²) in [4.78, 5) is 13.2. The van der Waals surface area contributed by atoms with E-state index in [2.05, 4.69) is 22.3 Å². The molecule has 9 heteroatoms. The van der Waals surface area contributed by atoms with E-state index in [0.29, 0.717) is 31.5 Å². The lowest BCUT2D eigenvalue weighted by atomic mass is 9.96. The molecule has 1 amide bonds. The van der Waals surface area contributed by atoms with E-state index in [1.165, 1.54) is 24.0 Å². The lowest BCUT2D eigenvalue weighted by molar-refractivity contribution is 0.0945. The van der Waals surface area contributed by atoms with Crippen LogP contribution in [0.3, 0.4) is 0 Å². The van der Waals surface area contributed by atoms with Crippen LogP contribution in [0, 0.1) is 6.92 Å². The number of halogens is 4. The average Bonchev–Trinajstić information content (AvgIpc) is 3.40. The smallest absolute Gasteiger partial charge is 0.272 e. The third-order valence-corrected chi connectivity index (χ3v) is 7.55. The number of hydrogen-bond acceptors (Lipinski definition) is 2. The van der Waals surface area contributed by atoms with Gasteiger partial charge in [-0.2, -0.15) is 5.10 Å². The van der Waals surface area contributed by atoms with Crippen molar-refractivity contribution >= 4 is 52.3 Å². The molecule has 2 aromatic carbocycles. The Hall–Kier alpha value is -2.44. The lowest BCUT2D eigenvalue weighted by Gasteiger charge is -2.11. The van der Waals surface area contributed by atoms with Gasteiger partial charge in [0.1, 0.15) is 5.82 Å². The number of carbonyl (C=O) groups is 1. The predicted molar refractivity (Wildman–Crippen MR) is 142 cm³/mol. The molecule has 1 N–H and O–H groups in total. The highest BCUT2D eigenvalue weighted by molar-refractivity contribution is 6.42. The summed E-state index contributed by atoms with van der Waals surface area (Å²) in [5, 5.41) is 9.53. The van der Waals surface area contributed by atoms with Crippen LogP contribution >= 0.6 is 46.4 Å². The molecular formula is C26H22Cl4N4O. The Labute approximate surface area is 223 Å². The molecule has 0 aliphatic heterocycles. The molecule has 35 heavy (non-hydrogen) atoms. The van der Waals surface area contributed by atoms with Crippen molar-refractivity contribution in [2.45, 2.75) is 39.2 Å². The van der Waals surface area contributed by atoms with Crippen LogP contribution in [0.15, 0.2) is 48.8 Å². The van der Waals surface area contributed by atoms with Crippen LogP contribution in [0.25, 0.3) is 11.5 Å². The van der Waals surface area contributed by atoms with E-state index in [4.69, 9.17) is 51.5 Å². The normalized spacial score (nSPS) is 13.1. The number of fused-ring (bicyclic) bond motifs is 1. The monoisotopic (exact) mass is 546 g/mol. The van der Waals surface area contributed by atoms with Gasteiger partial charge >= 0.3 is 0 Å². The number of aryl methyl sites for hydroxylation is 2. The Bertz CT molecular complexity index is 1420. The van der Waals surface area contributed by atoms with E-state index >= 15 is 0 Å². The molecule has 180 valence electrons.